The molecule has 2 heterocycles. The summed E-state index contributed by atoms with van der Waals surface area (Å²) in [6.07, 6.45) is 2.75. The Bertz CT molecular complexity index is 854. The number of amides is 1. The predicted molar refractivity (Wildman–Crippen MR) is 83.8 cm³/mol. The summed E-state index contributed by atoms with van der Waals surface area (Å²) in [5.41, 5.74) is 1.69. The number of aromatic nitrogens is 3. The SMILES string of the molecule is Cc1c(COC(=O)CNC(=O)Cn2cncn2)oc2ccccc12. The lowest BCUT2D eigenvalue weighted by Gasteiger charge is -2.06. The van der Waals surface area contributed by atoms with Crippen LogP contribution >= 0.6 is 0 Å². The first-order valence-corrected chi connectivity index (χ1v) is 7.35. The number of hydrogen-bond acceptors (Lipinski definition) is 6. The second kappa shape index (κ2) is 6.95. The smallest absolute Gasteiger partial charge is 0.325 e. The van der Waals surface area contributed by atoms with Gasteiger partial charge in [0.05, 0.1) is 0 Å². The van der Waals surface area contributed by atoms with Gasteiger partial charge in [0, 0.05) is 10.9 Å². The summed E-state index contributed by atoms with van der Waals surface area (Å²) in [6, 6.07) is 7.61. The summed E-state index contributed by atoms with van der Waals surface area (Å²) in [5.74, 6) is -0.294. The van der Waals surface area contributed by atoms with Gasteiger partial charge in [-0.3, -0.25) is 9.59 Å². The minimum absolute atomic E-state index is 0.00401. The van der Waals surface area contributed by atoms with Crippen molar-refractivity contribution in [3.8, 4) is 0 Å². The van der Waals surface area contributed by atoms with Gasteiger partial charge in [-0.2, -0.15) is 5.10 Å². The molecule has 1 aromatic carbocycles. The van der Waals surface area contributed by atoms with Crippen molar-refractivity contribution >= 4 is 22.8 Å². The Labute approximate surface area is 137 Å². The van der Waals surface area contributed by atoms with E-state index in [0.29, 0.717) is 5.76 Å². The van der Waals surface area contributed by atoms with Gasteiger partial charge in [-0.15, -0.1) is 0 Å². The molecule has 1 amide bonds. The van der Waals surface area contributed by atoms with Crippen molar-refractivity contribution in [3.63, 3.8) is 0 Å². The van der Waals surface area contributed by atoms with Gasteiger partial charge >= 0.3 is 5.97 Å². The van der Waals surface area contributed by atoms with Crippen LogP contribution < -0.4 is 5.32 Å². The number of esters is 1. The van der Waals surface area contributed by atoms with Crippen molar-refractivity contribution in [1.82, 2.24) is 20.1 Å². The van der Waals surface area contributed by atoms with Gasteiger partial charge in [-0.25, -0.2) is 9.67 Å². The van der Waals surface area contributed by atoms with E-state index in [0.717, 1.165) is 16.5 Å². The summed E-state index contributed by atoms with van der Waals surface area (Å²) in [6.45, 7) is 1.72. The molecule has 0 saturated heterocycles. The van der Waals surface area contributed by atoms with Gasteiger partial charge in [0.1, 0.15) is 43.7 Å². The summed E-state index contributed by atoms with van der Waals surface area (Å²) < 4.78 is 12.2. The number of fused-ring (bicyclic) bond motifs is 1. The number of carbonyl (C=O) groups is 2. The van der Waals surface area contributed by atoms with Crippen LogP contribution in [0.5, 0.6) is 0 Å². The van der Waals surface area contributed by atoms with Crippen LogP contribution in [0.3, 0.4) is 0 Å². The Morgan fingerprint density at radius 1 is 1.33 bits per heavy atom. The Hall–Kier alpha value is -3.16. The van der Waals surface area contributed by atoms with E-state index in [9.17, 15) is 9.59 Å². The predicted octanol–water partition coefficient (Wildman–Crippen LogP) is 1.19. The third-order valence-corrected chi connectivity index (χ3v) is 3.51. The number of para-hydroxylation sites is 1. The third-order valence-electron chi connectivity index (χ3n) is 3.51. The number of carbonyl (C=O) groups excluding carboxylic acids is 2. The summed E-state index contributed by atoms with van der Waals surface area (Å²) >= 11 is 0. The van der Waals surface area contributed by atoms with Gasteiger partial charge in [-0.05, 0) is 13.0 Å². The molecule has 0 spiro atoms. The second-order valence-electron chi connectivity index (χ2n) is 5.18. The van der Waals surface area contributed by atoms with Crippen molar-refractivity contribution in [2.75, 3.05) is 6.54 Å². The molecule has 0 bridgehead atoms. The van der Waals surface area contributed by atoms with Gasteiger partial charge in [0.25, 0.3) is 0 Å². The number of furan rings is 1. The van der Waals surface area contributed by atoms with Crippen LogP contribution in [0.1, 0.15) is 11.3 Å². The highest BCUT2D eigenvalue weighted by Gasteiger charge is 2.13. The molecular formula is C16H16N4O4. The van der Waals surface area contributed by atoms with Crippen molar-refractivity contribution < 1.29 is 18.7 Å². The lowest BCUT2D eigenvalue weighted by molar-refractivity contribution is -0.145. The Balaban J connectivity index is 1.48. The highest BCUT2D eigenvalue weighted by molar-refractivity contribution is 5.83. The van der Waals surface area contributed by atoms with Gasteiger partial charge < -0.3 is 14.5 Å². The fourth-order valence-electron chi connectivity index (χ4n) is 2.25. The van der Waals surface area contributed by atoms with Crippen LogP contribution in [0.2, 0.25) is 0 Å². The maximum atomic E-state index is 11.7. The minimum atomic E-state index is -0.540. The number of ether oxygens (including phenoxy) is 1. The largest absolute Gasteiger partial charge is 0.457 e. The Kier molecular flexibility index (Phi) is 4.55. The van der Waals surface area contributed by atoms with E-state index in [-0.39, 0.29) is 25.6 Å². The van der Waals surface area contributed by atoms with E-state index < -0.39 is 5.97 Å². The molecule has 8 heteroatoms. The monoisotopic (exact) mass is 328 g/mol. The highest BCUT2D eigenvalue weighted by Crippen LogP contribution is 2.25. The van der Waals surface area contributed by atoms with Crippen molar-refractivity contribution in [2.24, 2.45) is 0 Å². The average Bonchev–Trinajstić information content (AvgIpc) is 3.19. The zero-order valence-electron chi connectivity index (χ0n) is 13.1. The van der Waals surface area contributed by atoms with Gasteiger partial charge in [0.2, 0.25) is 5.91 Å². The molecule has 0 aliphatic carbocycles. The number of hydrogen-bond donors (Lipinski definition) is 1. The molecule has 24 heavy (non-hydrogen) atoms. The number of nitrogens with zero attached hydrogens (tertiary/aromatic N) is 3. The fourth-order valence-corrected chi connectivity index (χ4v) is 2.25. The Morgan fingerprint density at radius 2 is 2.17 bits per heavy atom. The normalized spacial score (nSPS) is 10.7. The van der Waals surface area contributed by atoms with Crippen LogP contribution in [0, 0.1) is 6.92 Å². The quantitative estimate of drug-likeness (QED) is 0.682. The molecule has 0 fully saturated rings. The second-order valence-corrected chi connectivity index (χ2v) is 5.18. The average molecular weight is 328 g/mol. The molecule has 0 saturated carbocycles. The molecule has 0 aliphatic rings. The first-order valence-electron chi connectivity index (χ1n) is 7.35. The van der Waals surface area contributed by atoms with Gasteiger partial charge in [-0.1, -0.05) is 18.2 Å². The zero-order valence-corrected chi connectivity index (χ0v) is 13.1. The van der Waals surface area contributed by atoms with Crippen LogP contribution in [-0.4, -0.2) is 33.2 Å². The van der Waals surface area contributed by atoms with Crippen LogP contribution in [0.4, 0.5) is 0 Å². The maximum Gasteiger partial charge on any atom is 0.325 e. The third kappa shape index (κ3) is 3.60. The van der Waals surface area contributed by atoms with E-state index in [4.69, 9.17) is 9.15 Å². The summed E-state index contributed by atoms with van der Waals surface area (Å²) in [7, 11) is 0. The molecule has 8 nitrogen and oxygen atoms in total. The molecule has 0 radical (unpaired) electrons. The van der Waals surface area contributed by atoms with Crippen molar-refractivity contribution in [2.45, 2.75) is 20.1 Å². The van der Waals surface area contributed by atoms with Crippen LogP contribution in [-0.2, 0) is 27.5 Å². The van der Waals surface area contributed by atoms with E-state index >= 15 is 0 Å². The van der Waals surface area contributed by atoms with E-state index in [1.165, 1.54) is 17.3 Å². The van der Waals surface area contributed by atoms with Crippen LogP contribution in [0.15, 0.2) is 41.3 Å². The number of rotatable bonds is 6. The van der Waals surface area contributed by atoms with E-state index in [1.54, 1.807) is 0 Å². The van der Waals surface area contributed by atoms with E-state index in [1.807, 2.05) is 31.2 Å². The van der Waals surface area contributed by atoms with Crippen molar-refractivity contribution in [1.29, 1.82) is 0 Å². The number of aryl methyl sites for hydroxylation is 1. The number of benzene rings is 1. The summed E-state index contributed by atoms with van der Waals surface area (Å²) in [5, 5.41) is 7.26. The minimum Gasteiger partial charge on any atom is -0.457 e. The fraction of sp³-hybridized carbons (Fsp3) is 0.250. The first-order chi connectivity index (χ1) is 11.6. The molecule has 124 valence electrons. The van der Waals surface area contributed by atoms with Crippen LogP contribution in [0.25, 0.3) is 11.0 Å². The standard InChI is InChI=1S/C16H16N4O4/c1-11-12-4-2-3-5-13(12)24-14(11)8-23-16(22)6-18-15(21)7-20-10-17-9-19-20/h2-5,9-10H,6-8H2,1H3,(H,18,21). The molecule has 0 atom stereocenters. The molecule has 0 aliphatic heterocycles. The highest BCUT2D eigenvalue weighted by atomic mass is 16.5. The molecule has 0 unspecified atom stereocenters. The molecule has 3 aromatic rings. The molecule has 1 N–H and O–H groups in total. The molecule has 2 aromatic heterocycles. The summed E-state index contributed by atoms with van der Waals surface area (Å²) in [4.78, 5) is 27.1. The number of nitrogens with one attached hydrogen (secondary N) is 1. The lowest BCUT2D eigenvalue weighted by atomic mass is 10.1. The maximum absolute atomic E-state index is 11.7. The molecule has 3 rings (SSSR count). The topological polar surface area (TPSA) is 99.2 Å². The first kappa shape index (κ1) is 15.7. The van der Waals surface area contributed by atoms with Gasteiger partial charge in [0.15, 0.2) is 0 Å². The van der Waals surface area contributed by atoms with Crippen molar-refractivity contribution in [3.05, 3.63) is 48.2 Å². The molecular weight excluding hydrogens is 312 g/mol. The Morgan fingerprint density at radius 3 is 2.92 bits per heavy atom. The van der Waals surface area contributed by atoms with E-state index in [2.05, 4.69) is 15.4 Å². The zero-order chi connectivity index (χ0) is 16.9. The lowest BCUT2D eigenvalue weighted by Crippen LogP contribution is -2.33.